The van der Waals surface area contributed by atoms with Gasteiger partial charge < -0.3 is 20.1 Å². The van der Waals surface area contributed by atoms with E-state index in [1.807, 2.05) is 36.4 Å². The average molecular weight is 704 g/mol. The molecule has 2 unspecified atom stereocenters. The molecule has 11 heteroatoms. The van der Waals surface area contributed by atoms with Crippen molar-refractivity contribution in [3.05, 3.63) is 102 Å². The van der Waals surface area contributed by atoms with Gasteiger partial charge in [-0.25, -0.2) is 8.42 Å². The van der Waals surface area contributed by atoms with Crippen molar-refractivity contribution in [1.82, 2.24) is 9.21 Å². The number of fused-ring (bicyclic) bond motifs is 3. The van der Waals surface area contributed by atoms with Crippen LogP contribution in [0.15, 0.2) is 95.9 Å². The quantitative estimate of drug-likeness (QED) is 0.181. The van der Waals surface area contributed by atoms with E-state index in [1.54, 1.807) is 18.2 Å². The second kappa shape index (κ2) is 13.9. The van der Waals surface area contributed by atoms with Gasteiger partial charge in [-0.15, -0.1) is 0 Å². The molecule has 3 fully saturated rings. The number of nitrogens with two attached hydrogens (primary N) is 1. The Balaban J connectivity index is 1.19. The van der Waals surface area contributed by atoms with Gasteiger partial charge in [0.15, 0.2) is 6.04 Å². The lowest BCUT2D eigenvalue weighted by Crippen LogP contribution is -2.61. The summed E-state index contributed by atoms with van der Waals surface area (Å²) in [4.78, 5) is 15.7. The van der Waals surface area contributed by atoms with Crippen LogP contribution in [0.3, 0.4) is 0 Å². The first-order chi connectivity index (χ1) is 24.0. The number of piperidine rings is 1. The molecule has 1 aliphatic carbocycles. The third-order valence-corrected chi connectivity index (χ3v) is 12.3. The molecule has 3 atom stereocenters. The fraction of sp³-hybridized carbons (Fsp3) is 0.410. The van der Waals surface area contributed by atoms with Gasteiger partial charge in [-0.2, -0.15) is 13.1 Å². The normalized spacial score (nSPS) is 21.9. The number of hydrogen-bond acceptors (Lipinski definition) is 6. The minimum absolute atomic E-state index is 0.137. The number of likely N-dealkylation sites (N-methyl/N-ethyl adjacent to an activating group) is 1. The van der Waals surface area contributed by atoms with Crippen LogP contribution in [0.2, 0.25) is 0 Å². The number of rotatable bonds is 11. The summed E-state index contributed by atoms with van der Waals surface area (Å²) in [6.07, 6.45) is 6.71. The summed E-state index contributed by atoms with van der Waals surface area (Å²) in [6, 6.07) is 21.5. The zero-order chi connectivity index (χ0) is 35.0. The van der Waals surface area contributed by atoms with Crippen LogP contribution in [0.5, 0.6) is 11.5 Å². The molecule has 0 aromatic heterocycles. The summed E-state index contributed by atoms with van der Waals surface area (Å²) in [5.74, 6) is -3.73. The average Bonchev–Trinajstić information content (AvgIpc) is 3.72. The maximum absolute atomic E-state index is 16.9. The Morgan fingerprint density at radius 3 is 2.18 bits per heavy atom. The molecule has 0 radical (unpaired) electrons. The highest BCUT2D eigenvalue weighted by Crippen LogP contribution is 2.42. The van der Waals surface area contributed by atoms with Crippen molar-refractivity contribution < 1.29 is 31.5 Å². The van der Waals surface area contributed by atoms with Crippen molar-refractivity contribution in [2.45, 2.75) is 99.1 Å². The second-order valence-corrected chi connectivity index (χ2v) is 15.9. The molecule has 50 heavy (non-hydrogen) atoms. The van der Waals surface area contributed by atoms with E-state index in [9.17, 15) is 13.2 Å². The first-order valence-corrected chi connectivity index (χ1v) is 18.9. The SMILES string of the molecule is CN([C@@H](C(=O)N1C2CCC1CC(N)C2)C(F)(F)c1ccc(OCc2ccccc2)cc1)S(=O)(=O)c1ccc2cc(OC3CCCC3)ccc2c1. The van der Waals surface area contributed by atoms with Crippen molar-refractivity contribution in [3.8, 4) is 11.5 Å². The van der Waals surface area contributed by atoms with Crippen LogP contribution < -0.4 is 15.2 Å². The van der Waals surface area contributed by atoms with Gasteiger partial charge in [-0.3, -0.25) is 4.79 Å². The van der Waals surface area contributed by atoms with Gasteiger partial charge >= 0.3 is 0 Å². The fourth-order valence-corrected chi connectivity index (χ4v) is 9.22. The van der Waals surface area contributed by atoms with Gasteiger partial charge in [-0.1, -0.05) is 42.5 Å². The van der Waals surface area contributed by atoms with Crippen LogP contribution in [0, 0.1) is 0 Å². The molecule has 2 bridgehead atoms. The molecule has 1 saturated carbocycles. The summed E-state index contributed by atoms with van der Waals surface area (Å²) in [7, 11) is -3.51. The van der Waals surface area contributed by atoms with E-state index in [-0.39, 0.29) is 35.7 Å². The Hall–Kier alpha value is -4.06. The smallest absolute Gasteiger partial charge is 0.298 e. The Morgan fingerprint density at radius 1 is 0.880 bits per heavy atom. The number of carbonyl (C=O) groups is 1. The van der Waals surface area contributed by atoms with Gasteiger partial charge in [-0.05, 0) is 116 Å². The maximum Gasteiger partial charge on any atom is 0.298 e. The van der Waals surface area contributed by atoms with Crippen LogP contribution in [0.25, 0.3) is 10.8 Å². The molecule has 2 heterocycles. The fourth-order valence-electron chi connectivity index (χ4n) is 7.87. The first kappa shape index (κ1) is 34.4. The number of nitrogens with zero attached hydrogens (tertiary/aromatic N) is 2. The van der Waals surface area contributed by atoms with Crippen LogP contribution in [0.4, 0.5) is 8.78 Å². The third-order valence-electron chi connectivity index (χ3n) is 10.5. The number of hydrogen-bond donors (Lipinski definition) is 1. The Morgan fingerprint density at radius 2 is 1.50 bits per heavy atom. The van der Waals surface area contributed by atoms with Gasteiger partial charge in [0.2, 0.25) is 15.9 Å². The molecular formula is C39H43F2N3O5S. The van der Waals surface area contributed by atoms with Crippen molar-refractivity contribution in [1.29, 1.82) is 0 Å². The summed E-state index contributed by atoms with van der Waals surface area (Å²) in [5.41, 5.74) is 6.67. The number of carbonyl (C=O) groups excluding carboxylic acids is 1. The number of benzene rings is 4. The Bertz CT molecular complexity index is 1920. The molecule has 2 saturated heterocycles. The highest BCUT2D eigenvalue weighted by Gasteiger charge is 2.56. The van der Waals surface area contributed by atoms with Crippen molar-refractivity contribution >= 4 is 26.7 Å². The molecule has 0 spiro atoms. The minimum Gasteiger partial charge on any atom is -0.490 e. The highest BCUT2D eigenvalue weighted by atomic mass is 32.2. The second-order valence-electron chi connectivity index (χ2n) is 13.9. The van der Waals surface area contributed by atoms with E-state index in [4.69, 9.17) is 15.2 Å². The lowest BCUT2D eigenvalue weighted by molar-refractivity contribution is -0.155. The summed E-state index contributed by atoms with van der Waals surface area (Å²) >= 11 is 0. The number of amides is 1. The highest BCUT2D eigenvalue weighted by molar-refractivity contribution is 7.89. The molecule has 1 amide bonds. The number of sulfonamides is 1. The van der Waals surface area contributed by atoms with Gasteiger partial charge in [0, 0.05) is 30.7 Å². The first-order valence-electron chi connectivity index (χ1n) is 17.4. The standard InChI is InChI=1S/C39H43F2N3O5S/c1-43(50(46,47)36-20-12-27-21-35(17-11-28(27)22-36)49-34-9-5-6-10-34)37(38(45)44-31-15-16-32(44)24-30(42)23-31)39(40,41)29-13-18-33(19-14-29)48-25-26-7-3-2-4-8-26/h2-4,7-8,11-14,17-22,30-32,34,37H,5-6,9-10,15-16,23-25,42H2,1H3/t30?,31?,32?,37-/m0/s1. The van der Waals surface area contributed by atoms with Crippen LogP contribution in [-0.2, 0) is 27.3 Å². The van der Waals surface area contributed by atoms with Crippen LogP contribution in [0.1, 0.15) is 62.5 Å². The van der Waals surface area contributed by atoms with E-state index >= 15 is 8.78 Å². The zero-order valence-corrected chi connectivity index (χ0v) is 28.9. The molecule has 4 aromatic rings. The van der Waals surface area contributed by atoms with Gasteiger partial charge in [0.25, 0.3) is 5.92 Å². The largest absolute Gasteiger partial charge is 0.490 e. The van der Waals surface area contributed by atoms with Gasteiger partial charge in [0.1, 0.15) is 18.1 Å². The van der Waals surface area contributed by atoms with E-state index < -0.39 is 33.5 Å². The van der Waals surface area contributed by atoms with E-state index in [0.717, 1.165) is 43.7 Å². The zero-order valence-electron chi connectivity index (χ0n) is 28.1. The Labute approximate surface area is 292 Å². The molecule has 2 N–H and O–H groups in total. The minimum atomic E-state index is -4.58. The predicted molar refractivity (Wildman–Crippen MR) is 188 cm³/mol. The van der Waals surface area contributed by atoms with Crippen molar-refractivity contribution in [2.75, 3.05) is 7.05 Å². The summed E-state index contributed by atoms with van der Waals surface area (Å²) in [6.45, 7) is 0.249. The molecule has 7 rings (SSSR count). The lowest BCUT2D eigenvalue weighted by Gasteiger charge is -2.42. The summed E-state index contributed by atoms with van der Waals surface area (Å²) in [5, 5.41) is 1.37. The number of ether oxygens (including phenoxy) is 2. The van der Waals surface area contributed by atoms with Crippen LogP contribution in [-0.4, -0.2) is 60.8 Å². The Kier molecular flexibility index (Phi) is 9.58. The van der Waals surface area contributed by atoms with E-state index in [0.29, 0.717) is 46.9 Å². The maximum atomic E-state index is 16.9. The molecule has 3 aliphatic rings. The molecule has 2 aliphatic heterocycles. The number of halogens is 2. The predicted octanol–water partition coefficient (Wildman–Crippen LogP) is 7.00. The van der Waals surface area contributed by atoms with E-state index in [1.165, 1.54) is 41.3 Å². The van der Waals surface area contributed by atoms with Crippen LogP contribution >= 0.6 is 0 Å². The third kappa shape index (κ3) is 6.83. The van der Waals surface area contributed by atoms with Crippen molar-refractivity contribution in [3.63, 3.8) is 0 Å². The monoisotopic (exact) mass is 703 g/mol. The molecule has 264 valence electrons. The summed E-state index contributed by atoms with van der Waals surface area (Å²) < 4.78 is 74.7. The topological polar surface area (TPSA) is 102 Å². The molecule has 8 nitrogen and oxygen atoms in total. The molecular weight excluding hydrogens is 661 g/mol. The van der Waals surface area contributed by atoms with Gasteiger partial charge in [0.05, 0.1) is 11.0 Å². The van der Waals surface area contributed by atoms with Crippen molar-refractivity contribution in [2.24, 2.45) is 5.73 Å². The molecule has 4 aromatic carbocycles. The lowest BCUT2D eigenvalue weighted by atomic mass is 9.94. The number of alkyl halides is 2. The van der Waals surface area contributed by atoms with E-state index in [2.05, 4.69) is 0 Å².